The van der Waals surface area contributed by atoms with Crippen LogP contribution in [0.2, 0.25) is 0 Å². The molecule has 0 spiro atoms. The number of thiocarbonyl (C=S) groups is 1. The lowest BCUT2D eigenvalue weighted by Gasteiger charge is -2.34. The van der Waals surface area contributed by atoms with Gasteiger partial charge in [-0.05, 0) is 25.1 Å². The van der Waals surface area contributed by atoms with E-state index in [1.165, 1.54) is 0 Å². The van der Waals surface area contributed by atoms with Gasteiger partial charge in [0.2, 0.25) is 0 Å². The van der Waals surface area contributed by atoms with Gasteiger partial charge in [-0.1, -0.05) is 0 Å². The molecule has 0 aromatic rings. The number of halogens is 3. The van der Waals surface area contributed by atoms with Crippen LogP contribution < -0.4 is 5.32 Å². The second kappa shape index (κ2) is 6.39. The number of likely N-dealkylation sites (tertiary alicyclic amines) is 1. The first-order valence-corrected chi connectivity index (χ1v) is 5.94. The van der Waals surface area contributed by atoms with Gasteiger partial charge in [-0.2, -0.15) is 13.2 Å². The predicted octanol–water partition coefficient (Wildman–Crippen LogP) is 1.78. The summed E-state index contributed by atoms with van der Waals surface area (Å²) in [4.78, 5) is 1.78. The maximum Gasteiger partial charge on any atom is 0.391 e. The summed E-state index contributed by atoms with van der Waals surface area (Å²) >= 11 is 5.10. The first-order valence-electron chi connectivity index (χ1n) is 5.53. The Bertz CT molecular complexity index is 252. The highest BCUT2D eigenvalue weighted by Gasteiger charge is 2.41. The average Bonchev–Trinajstić information content (AvgIpc) is 2.28. The molecule has 0 aromatic heterocycles. The summed E-state index contributed by atoms with van der Waals surface area (Å²) in [6.07, 6.45) is -3.83. The van der Waals surface area contributed by atoms with E-state index in [-0.39, 0.29) is 12.8 Å². The van der Waals surface area contributed by atoms with Crippen molar-refractivity contribution in [2.24, 2.45) is 5.92 Å². The lowest BCUT2D eigenvalue weighted by molar-refractivity contribution is -0.183. The monoisotopic (exact) mass is 270 g/mol. The van der Waals surface area contributed by atoms with Crippen molar-refractivity contribution < 1.29 is 17.9 Å². The third-order valence-electron chi connectivity index (χ3n) is 2.83. The highest BCUT2D eigenvalue weighted by Crippen LogP contribution is 2.33. The van der Waals surface area contributed by atoms with Crippen LogP contribution in [0, 0.1) is 5.92 Å². The molecule has 0 saturated carbocycles. The number of nitrogens with one attached hydrogen (secondary N) is 1. The first kappa shape index (κ1) is 14.5. The molecule has 0 radical (unpaired) electrons. The summed E-state index contributed by atoms with van der Waals surface area (Å²) in [5.41, 5.74) is 0. The zero-order valence-electron chi connectivity index (χ0n) is 9.72. The van der Waals surface area contributed by atoms with Gasteiger partial charge < -0.3 is 15.0 Å². The third-order valence-corrected chi connectivity index (χ3v) is 3.23. The number of alkyl halides is 3. The molecule has 17 heavy (non-hydrogen) atoms. The molecule has 1 aliphatic heterocycles. The molecule has 0 atom stereocenters. The van der Waals surface area contributed by atoms with Crippen LogP contribution in [0.1, 0.15) is 12.8 Å². The van der Waals surface area contributed by atoms with Gasteiger partial charge in [0.15, 0.2) is 5.11 Å². The molecular weight excluding hydrogens is 253 g/mol. The van der Waals surface area contributed by atoms with Gasteiger partial charge in [0.05, 0.1) is 12.5 Å². The molecule has 1 N–H and O–H groups in total. The van der Waals surface area contributed by atoms with Crippen molar-refractivity contribution in [3.05, 3.63) is 0 Å². The van der Waals surface area contributed by atoms with E-state index in [9.17, 15) is 13.2 Å². The fourth-order valence-electron chi connectivity index (χ4n) is 1.78. The SMILES string of the molecule is COCCNC(=S)N1CCC(C(F)(F)F)CC1. The summed E-state index contributed by atoms with van der Waals surface area (Å²) in [5.74, 6) is -1.18. The van der Waals surface area contributed by atoms with Gasteiger partial charge in [0.1, 0.15) is 0 Å². The number of hydrogen-bond acceptors (Lipinski definition) is 2. The lowest BCUT2D eigenvalue weighted by Crippen LogP contribution is -2.47. The van der Waals surface area contributed by atoms with Gasteiger partial charge in [-0.25, -0.2) is 0 Å². The quantitative estimate of drug-likeness (QED) is 0.624. The second-order valence-corrected chi connectivity index (χ2v) is 4.41. The summed E-state index contributed by atoms with van der Waals surface area (Å²) in [6.45, 7) is 1.83. The van der Waals surface area contributed by atoms with Crippen LogP contribution in [-0.4, -0.2) is 49.5 Å². The van der Waals surface area contributed by atoms with Gasteiger partial charge in [-0.15, -0.1) is 0 Å². The average molecular weight is 270 g/mol. The maximum atomic E-state index is 12.4. The molecule has 0 amide bonds. The van der Waals surface area contributed by atoms with E-state index in [1.807, 2.05) is 0 Å². The maximum absolute atomic E-state index is 12.4. The van der Waals surface area contributed by atoms with E-state index in [4.69, 9.17) is 17.0 Å². The summed E-state index contributed by atoms with van der Waals surface area (Å²) < 4.78 is 42.2. The Kier molecular flexibility index (Phi) is 5.45. The highest BCUT2D eigenvalue weighted by atomic mass is 32.1. The molecule has 7 heteroatoms. The van der Waals surface area contributed by atoms with Gasteiger partial charge in [0, 0.05) is 26.7 Å². The topological polar surface area (TPSA) is 24.5 Å². The van der Waals surface area contributed by atoms with Crippen molar-refractivity contribution in [1.82, 2.24) is 10.2 Å². The molecule has 1 aliphatic rings. The van der Waals surface area contributed by atoms with Gasteiger partial charge >= 0.3 is 6.18 Å². The van der Waals surface area contributed by atoms with Crippen molar-refractivity contribution in [3.8, 4) is 0 Å². The molecule has 0 unspecified atom stereocenters. The van der Waals surface area contributed by atoms with Crippen LogP contribution in [0.5, 0.6) is 0 Å². The number of rotatable bonds is 3. The molecule has 1 heterocycles. The van der Waals surface area contributed by atoms with Crippen LogP contribution in [0.4, 0.5) is 13.2 Å². The zero-order chi connectivity index (χ0) is 12.9. The highest BCUT2D eigenvalue weighted by molar-refractivity contribution is 7.80. The molecule has 0 aliphatic carbocycles. The fraction of sp³-hybridized carbons (Fsp3) is 0.900. The minimum atomic E-state index is -4.07. The second-order valence-electron chi connectivity index (χ2n) is 4.03. The number of piperidine rings is 1. The van der Waals surface area contributed by atoms with Crippen molar-refractivity contribution in [2.45, 2.75) is 19.0 Å². The van der Waals surface area contributed by atoms with E-state index in [0.29, 0.717) is 31.4 Å². The van der Waals surface area contributed by atoms with E-state index < -0.39 is 12.1 Å². The van der Waals surface area contributed by atoms with E-state index in [2.05, 4.69) is 5.32 Å². The molecule has 1 fully saturated rings. The van der Waals surface area contributed by atoms with Crippen LogP contribution in [0.3, 0.4) is 0 Å². The molecule has 0 bridgehead atoms. The first-order chi connectivity index (χ1) is 7.95. The van der Waals surface area contributed by atoms with Crippen LogP contribution in [-0.2, 0) is 4.74 Å². The number of methoxy groups -OCH3 is 1. The van der Waals surface area contributed by atoms with Crippen molar-refractivity contribution >= 4 is 17.3 Å². The minimum absolute atomic E-state index is 0.121. The Hall–Kier alpha value is -0.560. The Morgan fingerprint density at radius 3 is 2.47 bits per heavy atom. The molecule has 1 rings (SSSR count). The standard InChI is InChI=1S/C10H17F3N2OS/c1-16-7-4-14-9(17)15-5-2-8(3-6-15)10(11,12)13/h8H,2-7H2,1H3,(H,14,17). The van der Waals surface area contributed by atoms with Crippen molar-refractivity contribution in [2.75, 3.05) is 33.4 Å². The smallest absolute Gasteiger partial charge is 0.383 e. The Morgan fingerprint density at radius 1 is 1.41 bits per heavy atom. The Morgan fingerprint density at radius 2 is 2.00 bits per heavy atom. The van der Waals surface area contributed by atoms with Crippen molar-refractivity contribution in [1.29, 1.82) is 0 Å². The van der Waals surface area contributed by atoms with Crippen LogP contribution >= 0.6 is 12.2 Å². The summed E-state index contributed by atoms with van der Waals surface area (Å²) in [5, 5.41) is 3.47. The van der Waals surface area contributed by atoms with Gasteiger partial charge in [0.25, 0.3) is 0 Å². The molecular formula is C10H17F3N2OS. The van der Waals surface area contributed by atoms with E-state index in [1.54, 1.807) is 12.0 Å². The van der Waals surface area contributed by atoms with Crippen LogP contribution in [0.25, 0.3) is 0 Å². The van der Waals surface area contributed by atoms with E-state index in [0.717, 1.165) is 0 Å². The Labute approximate surface area is 104 Å². The molecule has 3 nitrogen and oxygen atoms in total. The number of nitrogens with zero attached hydrogens (tertiary/aromatic N) is 1. The summed E-state index contributed by atoms with van der Waals surface area (Å²) in [7, 11) is 1.58. The third kappa shape index (κ3) is 4.67. The molecule has 100 valence electrons. The fourth-order valence-corrected chi connectivity index (χ4v) is 2.07. The molecule has 1 saturated heterocycles. The Balaban J connectivity index is 2.29. The zero-order valence-corrected chi connectivity index (χ0v) is 10.5. The molecule has 0 aromatic carbocycles. The largest absolute Gasteiger partial charge is 0.391 e. The van der Waals surface area contributed by atoms with E-state index >= 15 is 0 Å². The number of ether oxygens (including phenoxy) is 1. The normalized spacial score (nSPS) is 18.2. The predicted molar refractivity (Wildman–Crippen MR) is 62.8 cm³/mol. The van der Waals surface area contributed by atoms with Crippen LogP contribution in [0.15, 0.2) is 0 Å². The lowest BCUT2D eigenvalue weighted by atomic mass is 9.97. The van der Waals surface area contributed by atoms with Gasteiger partial charge in [-0.3, -0.25) is 0 Å². The minimum Gasteiger partial charge on any atom is -0.383 e. The van der Waals surface area contributed by atoms with Crippen molar-refractivity contribution in [3.63, 3.8) is 0 Å². The summed E-state index contributed by atoms with van der Waals surface area (Å²) in [6, 6.07) is 0. The number of hydrogen-bond donors (Lipinski definition) is 1.